The van der Waals surface area contributed by atoms with E-state index in [4.69, 9.17) is 4.74 Å². The van der Waals surface area contributed by atoms with Gasteiger partial charge in [0.25, 0.3) is 11.8 Å². The van der Waals surface area contributed by atoms with Crippen LogP contribution in [-0.4, -0.2) is 60.3 Å². The van der Waals surface area contributed by atoms with Crippen LogP contribution >= 0.6 is 0 Å². The molecule has 6 nitrogen and oxygen atoms in total. The quantitative estimate of drug-likeness (QED) is 0.248. The Labute approximate surface area is 243 Å². The fraction of sp³-hybridized carbons (Fsp3) is 0.576. The van der Waals surface area contributed by atoms with Crippen LogP contribution in [0.4, 0.5) is 8.78 Å². The zero-order valence-electron chi connectivity index (χ0n) is 24.8. The van der Waals surface area contributed by atoms with Gasteiger partial charge in [-0.15, -0.1) is 0 Å². The standard InChI is InChI=1S/C33H46F2N2O4/c1-4-12-37(13-5-2)33(40)27-16-23(3)15-26(20-27)32(39)36-30(19-25-17-28(34)21-29(35)18-25)31(38)11-14-41-22-24-9-7-6-8-10-24/h15-18,20-21,24,30-31,38H,4-14,19,22H2,1-3H3,(H,36,39)/t30-,31-/m0/s1. The fourth-order valence-corrected chi connectivity index (χ4v) is 5.60. The topological polar surface area (TPSA) is 78.9 Å². The molecule has 3 rings (SSSR count). The van der Waals surface area contributed by atoms with E-state index in [1.54, 1.807) is 23.1 Å². The monoisotopic (exact) mass is 572 g/mol. The first kappa shape index (κ1) is 32.7. The van der Waals surface area contributed by atoms with Crippen molar-refractivity contribution in [1.29, 1.82) is 0 Å². The van der Waals surface area contributed by atoms with Crippen molar-refractivity contribution in [3.63, 3.8) is 0 Å². The Balaban J connectivity index is 1.74. The molecule has 2 atom stereocenters. The summed E-state index contributed by atoms with van der Waals surface area (Å²) < 4.78 is 33.7. The second-order valence-corrected chi connectivity index (χ2v) is 11.4. The number of rotatable bonds is 15. The van der Waals surface area contributed by atoms with Crippen LogP contribution in [0.3, 0.4) is 0 Å². The first-order valence-corrected chi connectivity index (χ1v) is 15.1. The molecule has 0 spiro atoms. The van der Waals surface area contributed by atoms with Gasteiger partial charge in [0.2, 0.25) is 0 Å². The summed E-state index contributed by atoms with van der Waals surface area (Å²) in [5.74, 6) is -1.50. The van der Waals surface area contributed by atoms with Gasteiger partial charge in [-0.25, -0.2) is 8.78 Å². The van der Waals surface area contributed by atoms with Crippen LogP contribution < -0.4 is 5.32 Å². The molecule has 226 valence electrons. The SMILES string of the molecule is CCCN(CCC)C(=O)c1cc(C)cc(C(=O)N[C@@H](Cc2cc(F)cc(F)c2)[C@@H](O)CCOCC2CCCCC2)c1. The van der Waals surface area contributed by atoms with Crippen LogP contribution in [0.25, 0.3) is 0 Å². The van der Waals surface area contributed by atoms with E-state index < -0.39 is 29.7 Å². The van der Waals surface area contributed by atoms with Crippen molar-refractivity contribution in [3.05, 3.63) is 70.3 Å². The van der Waals surface area contributed by atoms with Crippen molar-refractivity contribution >= 4 is 11.8 Å². The smallest absolute Gasteiger partial charge is 0.253 e. The third kappa shape index (κ3) is 10.5. The number of nitrogens with zero attached hydrogens (tertiary/aromatic N) is 1. The number of carbonyl (C=O) groups is 2. The van der Waals surface area contributed by atoms with Gasteiger partial charge in [0, 0.05) is 43.5 Å². The van der Waals surface area contributed by atoms with E-state index in [1.807, 2.05) is 20.8 Å². The highest BCUT2D eigenvalue weighted by Gasteiger charge is 2.25. The third-order valence-electron chi connectivity index (χ3n) is 7.66. The number of hydrogen-bond donors (Lipinski definition) is 2. The maximum atomic E-state index is 13.9. The second-order valence-electron chi connectivity index (χ2n) is 11.4. The summed E-state index contributed by atoms with van der Waals surface area (Å²) in [6.45, 7) is 8.07. The average molecular weight is 573 g/mol. The summed E-state index contributed by atoms with van der Waals surface area (Å²) >= 11 is 0. The molecule has 2 aromatic rings. The van der Waals surface area contributed by atoms with E-state index in [9.17, 15) is 23.5 Å². The zero-order valence-corrected chi connectivity index (χ0v) is 24.8. The van der Waals surface area contributed by atoms with Crippen LogP contribution in [0.1, 0.15) is 97.1 Å². The highest BCUT2D eigenvalue weighted by atomic mass is 19.1. The van der Waals surface area contributed by atoms with Crippen LogP contribution in [-0.2, 0) is 11.2 Å². The number of amides is 2. The molecule has 0 aromatic heterocycles. The predicted molar refractivity (Wildman–Crippen MR) is 157 cm³/mol. The van der Waals surface area contributed by atoms with Crippen molar-refractivity contribution in [3.8, 4) is 0 Å². The molecule has 1 saturated carbocycles. The van der Waals surface area contributed by atoms with Gasteiger partial charge < -0.3 is 20.1 Å². The Bertz CT molecular complexity index is 1110. The Morgan fingerprint density at radius 3 is 2.24 bits per heavy atom. The van der Waals surface area contributed by atoms with E-state index in [-0.39, 0.29) is 24.3 Å². The lowest BCUT2D eigenvalue weighted by Gasteiger charge is -2.26. The number of aliphatic hydroxyl groups excluding tert-OH is 1. The van der Waals surface area contributed by atoms with Crippen molar-refractivity contribution in [2.45, 2.75) is 90.7 Å². The van der Waals surface area contributed by atoms with E-state index >= 15 is 0 Å². The Hall–Kier alpha value is -2.84. The molecule has 8 heteroatoms. The first-order valence-electron chi connectivity index (χ1n) is 15.1. The molecule has 1 fully saturated rings. The van der Waals surface area contributed by atoms with Crippen molar-refractivity contribution < 1.29 is 28.2 Å². The van der Waals surface area contributed by atoms with Gasteiger partial charge >= 0.3 is 0 Å². The molecule has 0 heterocycles. The minimum Gasteiger partial charge on any atom is -0.391 e. The minimum atomic E-state index is -1.01. The molecule has 2 amide bonds. The molecule has 2 aromatic carbocycles. The summed E-state index contributed by atoms with van der Waals surface area (Å²) in [5.41, 5.74) is 1.80. The van der Waals surface area contributed by atoms with Gasteiger partial charge in [-0.2, -0.15) is 0 Å². The van der Waals surface area contributed by atoms with E-state index in [1.165, 1.54) is 31.4 Å². The third-order valence-corrected chi connectivity index (χ3v) is 7.66. The molecule has 1 aliphatic carbocycles. The van der Waals surface area contributed by atoms with Crippen molar-refractivity contribution in [1.82, 2.24) is 10.2 Å². The summed E-state index contributed by atoms with van der Waals surface area (Å²) in [6, 6.07) is 7.40. The normalized spacial score (nSPS) is 15.4. The number of nitrogens with one attached hydrogen (secondary N) is 1. The highest BCUT2D eigenvalue weighted by molar-refractivity contribution is 6.00. The molecule has 0 saturated heterocycles. The lowest BCUT2D eigenvalue weighted by Crippen LogP contribution is -2.45. The van der Waals surface area contributed by atoms with E-state index in [0.717, 1.165) is 37.3 Å². The van der Waals surface area contributed by atoms with Crippen molar-refractivity contribution in [2.24, 2.45) is 5.92 Å². The Morgan fingerprint density at radius 1 is 0.976 bits per heavy atom. The molecular formula is C33H46F2N2O4. The maximum absolute atomic E-state index is 13.9. The molecule has 1 aliphatic rings. The van der Waals surface area contributed by atoms with Gasteiger partial charge in [-0.05, 0) is 92.8 Å². The number of aliphatic hydroxyl groups is 1. The van der Waals surface area contributed by atoms with Crippen LogP contribution in [0.15, 0.2) is 36.4 Å². The number of hydrogen-bond acceptors (Lipinski definition) is 4. The summed E-state index contributed by atoms with van der Waals surface area (Å²) in [4.78, 5) is 28.4. The average Bonchev–Trinajstić information content (AvgIpc) is 2.94. The molecule has 0 unspecified atom stereocenters. The molecule has 41 heavy (non-hydrogen) atoms. The van der Waals surface area contributed by atoms with Gasteiger partial charge in [0.15, 0.2) is 0 Å². The molecule has 0 radical (unpaired) electrons. The summed E-state index contributed by atoms with van der Waals surface area (Å²) in [5, 5.41) is 14.0. The Kier molecular flexibility index (Phi) is 13.2. The largest absolute Gasteiger partial charge is 0.391 e. The van der Waals surface area contributed by atoms with Gasteiger partial charge in [-0.1, -0.05) is 33.1 Å². The van der Waals surface area contributed by atoms with Gasteiger partial charge in [0.1, 0.15) is 11.6 Å². The van der Waals surface area contributed by atoms with Crippen LogP contribution in [0.2, 0.25) is 0 Å². The van der Waals surface area contributed by atoms with Gasteiger partial charge in [-0.3, -0.25) is 9.59 Å². The minimum absolute atomic E-state index is 0.0304. The van der Waals surface area contributed by atoms with Crippen LogP contribution in [0.5, 0.6) is 0 Å². The maximum Gasteiger partial charge on any atom is 0.253 e. The van der Waals surface area contributed by atoms with E-state index in [0.29, 0.717) is 43.3 Å². The molecule has 2 N–H and O–H groups in total. The molecule has 0 aliphatic heterocycles. The first-order chi connectivity index (χ1) is 19.7. The zero-order chi connectivity index (χ0) is 29.8. The number of halogens is 2. The second kappa shape index (κ2) is 16.6. The number of carbonyl (C=O) groups excluding carboxylic acids is 2. The Morgan fingerprint density at radius 2 is 1.61 bits per heavy atom. The number of ether oxygens (including phenoxy) is 1. The lowest BCUT2D eigenvalue weighted by molar-refractivity contribution is 0.0407. The lowest BCUT2D eigenvalue weighted by atomic mass is 9.90. The summed E-state index contributed by atoms with van der Waals surface area (Å²) in [7, 11) is 0. The number of aryl methyl sites for hydroxylation is 1. The van der Waals surface area contributed by atoms with Crippen LogP contribution in [0, 0.1) is 24.5 Å². The summed E-state index contributed by atoms with van der Waals surface area (Å²) in [6.07, 6.45) is 6.96. The van der Waals surface area contributed by atoms with Crippen molar-refractivity contribution in [2.75, 3.05) is 26.3 Å². The fourth-order valence-electron chi connectivity index (χ4n) is 5.60. The highest BCUT2D eigenvalue weighted by Crippen LogP contribution is 2.24. The number of benzene rings is 2. The van der Waals surface area contributed by atoms with Gasteiger partial charge in [0.05, 0.1) is 12.1 Å². The predicted octanol–water partition coefficient (Wildman–Crippen LogP) is 6.22. The molecular weight excluding hydrogens is 526 g/mol. The molecule has 0 bridgehead atoms. The van der Waals surface area contributed by atoms with E-state index in [2.05, 4.69) is 5.32 Å².